The van der Waals surface area contributed by atoms with Crippen LogP contribution in [0.4, 0.5) is 0 Å². The Morgan fingerprint density at radius 2 is 2.00 bits per heavy atom. The first kappa shape index (κ1) is 11.5. The van der Waals surface area contributed by atoms with Gasteiger partial charge in [0.05, 0.1) is 5.70 Å². The molecule has 0 bridgehead atoms. The quantitative estimate of drug-likeness (QED) is 0.582. The van der Waals surface area contributed by atoms with Crippen LogP contribution in [0, 0.1) is 0 Å². The molecule has 2 heteroatoms. The monoisotopic (exact) mass is 203 g/mol. The number of aryl methyl sites for hydroxylation is 1. The van der Waals surface area contributed by atoms with Gasteiger partial charge in [-0.2, -0.15) is 0 Å². The van der Waals surface area contributed by atoms with E-state index in [2.05, 4.69) is 36.7 Å². The Balaban J connectivity index is 2.72. The first-order valence-electron chi connectivity index (χ1n) is 5.13. The van der Waals surface area contributed by atoms with E-state index in [4.69, 9.17) is 5.21 Å². The molecule has 0 fully saturated rings. The SMILES string of the molecule is C/C=C(\C=C\c1ccc(CC)cc1)NO. The van der Waals surface area contributed by atoms with E-state index in [9.17, 15) is 0 Å². The van der Waals surface area contributed by atoms with Crippen molar-refractivity contribution in [3.63, 3.8) is 0 Å². The molecule has 1 rings (SSSR count). The molecule has 2 nitrogen and oxygen atoms in total. The normalized spacial score (nSPS) is 12.1. The van der Waals surface area contributed by atoms with E-state index in [1.54, 1.807) is 6.08 Å². The van der Waals surface area contributed by atoms with E-state index in [0.717, 1.165) is 12.0 Å². The topological polar surface area (TPSA) is 32.3 Å². The number of hydroxylamine groups is 1. The maximum Gasteiger partial charge on any atom is 0.0559 e. The number of nitrogens with one attached hydrogen (secondary N) is 1. The van der Waals surface area contributed by atoms with Gasteiger partial charge < -0.3 is 0 Å². The molecule has 0 atom stereocenters. The van der Waals surface area contributed by atoms with E-state index in [-0.39, 0.29) is 0 Å². The predicted octanol–water partition coefficient (Wildman–Crippen LogP) is 3.14. The van der Waals surface area contributed by atoms with Crippen LogP contribution in [0.2, 0.25) is 0 Å². The van der Waals surface area contributed by atoms with Gasteiger partial charge in [0.2, 0.25) is 0 Å². The van der Waals surface area contributed by atoms with E-state index in [1.165, 1.54) is 5.56 Å². The maximum absolute atomic E-state index is 8.72. The molecule has 1 aromatic carbocycles. The largest absolute Gasteiger partial charge is 0.291 e. The average molecular weight is 203 g/mol. The Hall–Kier alpha value is -1.54. The highest BCUT2D eigenvalue weighted by molar-refractivity contribution is 5.52. The molecular formula is C13H17NO. The van der Waals surface area contributed by atoms with Gasteiger partial charge in [-0.15, -0.1) is 0 Å². The van der Waals surface area contributed by atoms with Crippen molar-refractivity contribution < 1.29 is 5.21 Å². The smallest absolute Gasteiger partial charge is 0.0559 e. The summed E-state index contributed by atoms with van der Waals surface area (Å²) in [6, 6.07) is 8.36. The van der Waals surface area contributed by atoms with Crippen molar-refractivity contribution in [2.45, 2.75) is 20.3 Å². The molecule has 1 aromatic rings. The van der Waals surface area contributed by atoms with Crippen molar-refractivity contribution in [1.82, 2.24) is 5.48 Å². The molecule has 0 aliphatic carbocycles. The highest BCUT2D eigenvalue weighted by atomic mass is 16.5. The van der Waals surface area contributed by atoms with Gasteiger partial charge in [0, 0.05) is 0 Å². The molecule has 0 radical (unpaired) electrons. The van der Waals surface area contributed by atoms with Crippen molar-refractivity contribution in [2.24, 2.45) is 0 Å². The predicted molar refractivity (Wildman–Crippen MR) is 63.5 cm³/mol. The van der Waals surface area contributed by atoms with Crippen molar-refractivity contribution >= 4 is 6.08 Å². The third-order valence-corrected chi connectivity index (χ3v) is 2.28. The van der Waals surface area contributed by atoms with Crippen LogP contribution in [0.15, 0.2) is 42.1 Å². The summed E-state index contributed by atoms with van der Waals surface area (Å²) >= 11 is 0. The first-order chi connectivity index (χ1) is 7.30. The lowest BCUT2D eigenvalue weighted by Gasteiger charge is -1.99. The fraction of sp³-hybridized carbons (Fsp3) is 0.231. The highest BCUT2D eigenvalue weighted by Gasteiger charge is 1.90. The Morgan fingerprint density at radius 1 is 1.33 bits per heavy atom. The first-order valence-corrected chi connectivity index (χ1v) is 5.13. The van der Waals surface area contributed by atoms with Crippen molar-refractivity contribution in [3.8, 4) is 0 Å². The third kappa shape index (κ3) is 3.60. The second-order valence-electron chi connectivity index (χ2n) is 3.28. The molecule has 0 unspecified atom stereocenters. The fourth-order valence-electron chi connectivity index (χ4n) is 1.25. The number of hydrogen-bond donors (Lipinski definition) is 2. The molecule has 0 spiro atoms. The fourth-order valence-corrected chi connectivity index (χ4v) is 1.25. The molecule has 15 heavy (non-hydrogen) atoms. The van der Waals surface area contributed by atoms with Crippen LogP contribution in [-0.4, -0.2) is 5.21 Å². The summed E-state index contributed by atoms with van der Waals surface area (Å²) in [6.45, 7) is 4.00. The maximum atomic E-state index is 8.72. The summed E-state index contributed by atoms with van der Waals surface area (Å²) in [5, 5.41) is 8.72. The lowest BCUT2D eigenvalue weighted by atomic mass is 10.1. The van der Waals surface area contributed by atoms with Gasteiger partial charge in [0.15, 0.2) is 0 Å². The molecule has 80 valence electrons. The van der Waals surface area contributed by atoms with E-state index in [0.29, 0.717) is 5.70 Å². The van der Waals surface area contributed by atoms with Gasteiger partial charge in [-0.25, -0.2) is 0 Å². The molecule has 0 aliphatic rings. The third-order valence-electron chi connectivity index (χ3n) is 2.28. The number of hydrogen-bond acceptors (Lipinski definition) is 2. The Bertz CT molecular complexity index is 349. The van der Waals surface area contributed by atoms with Crippen LogP contribution in [0.5, 0.6) is 0 Å². The average Bonchev–Trinajstić information content (AvgIpc) is 2.31. The molecule has 0 saturated carbocycles. The summed E-state index contributed by atoms with van der Waals surface area (Å²) in [5.41, 5.74) is 5.27. The zero-order valence-electron chi connectivity index (χ0n) is 9.20. The number of allylic oxidation sites excluding steroid dienone is 2. The highest BCUT2D eigenvalue weighted by Crippen LogP contribution is 2.07. The molecule has 0 aliphatic heterocycles. The van der Waals surface area contributed by atoms with Crippen molar-refractivity contribution in [2.75, 3.05) is 0 Å². The second-order valence-corrected chi connectivity index (χ2v) is 3.28. The van der Waals surface area contributed by atoms with Crippen LogP contribution in [0.1, 0.15) is 25.0 Å². The Labute approximate surface area is 90.9 Å². The lowest BCUT2D eigenvalue weighted by Crippen LogP contribution is -2.02. The minimum Gasteiger partial charge on any atom is -0.291 e. The van der Waals surface area contributed by atoms with Gasteiger partial charge in [-0.1, -0.05) is 43.3 Å². The molecule has 0 amide bonds. The minimum absolute atomic E-state index is 0.689. The van der Waals surface area contributed by atoms with Gasteiger partial charge in [0.1, 0.15) is 0 Å². The van der Waals surface area contributed by atoms with Crippen LogP contribution in [-0.2, 0) is 6.42 Å². The minimum atomic E-state index is 0.689. The summed E-state index contributed by atoms with van der Waals surface area (Å²) < 4.78 is 0. The lowest BCUT2D eigenvalue weighted by molar-refractivity contribution is 0.205. The summed E-state index contributed by atoms with van der Waals surface area (Å²) in [6.07, 6.45) is 6.65. The van der Waals surface area contributed by atoms with Crippen molar-refractivity contribution in [3.05, 3.63) is 53.2 Å². The molecule has 0 aromatic heterocycles. The van der Waals surface area contributed by atoms with Crippen molar-refractivity contribution in [1.29, 1.82) is 0 Å². The molecule has 0 heterocycles. The summed E-state index contributed by atoms with van der Waals surface area (Å²) in [5.74, 6) is 0. The van der Waals surface area contributed by atoms with E-state index in [1.807, 2.05) is 19.1 Å². The van der Waals surface area contributed by atoms with Gasteiger partial charge >= 0.3 is 0 Å². The molecule has 0 saturated heterocycles. The van der Waals surface area contributed by atoms with E-state index < -0.39 is 0 Å². The Kier molecular flexibility index (Phi) is 4.64. The number of benzene rings is 1. The second kappa shape index (κ2) is 6.04. The molecule has 2 N–H and O–H groups in total. The standard InChI is InChI=1S/C13H17NO/c1-3-11-5-7-12(8-6-11)9-10-13(4-2)14-15/h4-10,14-15H,3H2,1-2H3/b10-9+,13-4+. The summed E-state index contributed by atoms with van der Waals surface area (Å²) in [7, 11) is 0. The van der Waals surface area contributed by atoms with Gasteiger partial charge in [0.25, 0.3) is 0 Å². The van der Waals surface area contributed by atoms with Crippen LogP contribution in [0.25, 0.3) is 6.08 Å². The molecular weight excluding hydrogens is 186 g/mol. The van der Waals surface area contributed by atoms with Gasteiger partial charge in [-0.05, 0) is 30.5 Å². The number of rotatable bonds is 4. The Morgan fingerprint density at radius 3 is 2.47 bits per heavy atom. The zero-order valence-corrected chi connectivity index (χ0v) is 9.20. The zero-order chi connectivity index (χ0) is 11.1. The van der Waals surface area contributed by atoms with Crippen LogP contribution >= 0.6 is 0 Å². The summed E-state index contributed by atoms with van der Waals surface area (Å²) in [4.78, 5) is 0. The van der Waals surface area contributed by atoms with Gasteiger partial charge in [-0.3, -0.25) is 10.7 Å². The van der Waals surface area contributed by atoms with Crippen LogP contribution < -0.4 is 5.48 Å². The van der Waals surface area contributed by atoms with Crippen LogP contribution in [0.3, 0.4) is 0 Å². The van der Waals surface area contributed by atoms with E-state index >= 15 is 0 Å².